The Balaban J connectivity index is 1.84. The summed E-state index contributed by atoms with van der Waals surface area (Å²) in [6.45, 7) is 1.49. The topological polar surface area (TPSA) is 100 Å². The summed E-state index contributed by atoms with van der Waals surface area (Å²) in [6.07, 6.45) is 0. The number of methoxy groups -OCH3 is 3. The van der Waals surface area contributed by atoms with Crippen molar-refractivity contribution >= 4 is 23.4 Å². The van der Waals surface area contributed by atoms with Crippen molar-refractivity contribution in [2.24, 2.45) is 0 Å². The van der Waals surface area contributed by atoms with Crippen molar-refractivity contribution in [3.63, 3.8) is 0 Å². The number of dihydropyridines is 1. The van der Waals surface area contributed by atoms with E-state index in [1.54, 1.807) is 31.2 Å². The van der Waals surface area contributed by atoms with Gasteiger partial charge >= 0.3 is 11.9 Å². The van der Waals surface area contributed by atoms with E-state index in [0.717, 1.165) is 5.56 Å². The van der Waals surface area contributed by atoms with E-state index in [2.05, 4.69) is 10.1 Å². The molecule has 8 heteroatoms. The van der Waals surface area contributed by atoms with Crippen molar-refractivity contribution in [1.29, 1.82) is 0 Å². The number of carbonyl (C=O) groups is 3. The Labute approximate surface area is 190 Å². The zero-order valence-corrected chi connectivity index (χ0v) is 18.7. The molecular weight excluding hydrogens is 426 g/mol. The highest BCUT2D eigenvalue weighted by Crippen LogP contribution is 2.47. The first-order valence-electron chi connectivity index (χ1n) is 10.2. The monoisotopic (exact) mass is 449 g/mol. The number of benzene rings is 2. The molecule has 1 aliphatic heterocycles. The predicted molar refractivity (Wildman–Crippen MR) is 119 cm³/mol. The number of ketones is 1. The molecule has 1 N–H and O–H groups in total. The highest BCUT2D eigenvalue weighted by atomic mass is 16.6. The third kappa shape index (κ3) is 3.73. The van der Waals surface area contributed by atoms with Gasteiger partial charge in [0.15, 0.2) is 23.9 Å². The number of Topliss-reactive ketones (excluding diaryl/α,β-unsaturated/α-hetero) is 1. The summed E-state index contributed by atoms with van der Waals surface area (Å²) in [7, 11) is 4.04. The molecular formula is C25H23NO7. The molecule has 1 unspecified atom stereocenters. The summed E-state index contributed by atoms with van der Waals surface area (Å²) < 4.78 is 20.6. The minimum atomic E-state index is -0.683. The minimum absolute atomic E-state index is 0.156. The Morgan fingerprint density at radius 3 is 2.36 bits per heavy atom. The SMILES string of the molecule is COC(=O)COc1ccc(C2C(C(=O)OC)=C(C)NC3=C2C(=O)c2ccccc23)cc1OC. The van der Waals surface area contributed by atoms with Crippen LogP contribution >= 0.6 is 0 Å². The van der Waals surface area contributed by atoms with E-state index < -0.39 is 17.9 Å². The number of ether oxygens (including phenoxy) is 4. The summed E-state index contributed by atoms with van der Waals surface area (Å²) >= 11 is 0. The van der Waals surface area contributed by atoms with Gasteiger partial charge in [0, 0.05) is 28.3 Å². The van der Waals surface area contributed by atoms with Gasteiger partial charge in [-0.25, -0.2) is 9.59 Å². The maximum atomic E-state index is 13.4. The molecule has 0 saturated carbocycles. The number of fused-ring (bicyclic) bond motifs is 2. The minimum Gasteiger partial charge on any atom is -0.493 e. The van der Waals surface area contributed by atoms with E-state index in [4.69, 9.17) is 14.2 Å². The third-order valence-corrected chi connectivity index (χ3v) is 5.75. The largest absolute Gasteiger partial charge is 0.493 e. The fraction of sp³-hybridized carbons (Fsp3) is 0.240. The Kier molecular flexibility index (Phi) is 5.91. The molecule has 2 aromatic carbocycles. The maximum absolute atomic E-state index is 13.4. The number of hydrogen-bond acceptors (Lipinski definition) is 8. The van der Waals surface area contributed by atoms with Crippen molar-refractivity contribution in [1.82, 2.24) is 5.32 Å². The molecule has 2 aliphatic rings. The summed E-state index contributed by atoms with van der Waals surface area (Å²) in [4.78, 5) is 37.7. The van der Waals surface area contributed by atoms with Crippen LogP contribution in [0.2, 0.25) is 0 Å². The van der Waals surface area contributed by atoms with Crippen molar-refractivity contribution in [2.45, 2.75) is 12.8 Å². The Morgan fingerprint density at radius 2 is 1.70 bits per heavy atom. The van der Waals surface area contributed by atoms with Crippen LogP contribution in [-0.2, 0) is 19.1 Å². The standard InChI is InChI=1S/C25H23NO7/c1-13-20(25(29)32-4)21(22-23(26-13)15-7-5-6-8-16(15)24(22)28)14-9-10-17(18(11-14)30-2)33-12-19(27)31-3/h5-11,21,26H,12H2,1-4H3. The maximum Gasteiger partial charge on any atom is 0.343 e. The van der Waals surface area contributed by atoms with E-state index in [-0.39, 0.29) is 12.4 Å². The second kappa shape index (κ2) is 8.82. The molecule has 0 fully saturated rings. The lowest BCUT2D eigenvalue weighted by Gasteiger charge is -2.29. The molecule has 0 amide bonds. The zero-order valence-electron chi connectivity index (χ0n) is 18.7. The molecule has 2 aromatic rings. The molecule has 4 rings (SSSR count). The third-order valence-electron chi connectivity index (χ3n) is 5.75. The van der Waals surface area contributed by atoms with E-state index >= 15 is 0 Å². The van der Waals surface area contributed by atoms with Crippen LogP contribution in [0.5, 0.6) is 11.5 Å². The normalized spacial score (nSPS) is 16.6. The first-order valence-corrected chi connectivity index (χ1v) is 10.2. The van der Waals surface area contributed by atoms with Crippen molar-refractivity contribution in [3.8, 4) is 11.5 Å². The molecule has 1 atom stereocenters. The summed E-state index contributed by atoms with van der Waals surface area (Å²) in [5, 5.41) is 3.24. The van der Waals surface area contributed by atoms with Crippen LogP contribution in [0.1, 0.15) is 34.3 Å². The highest BCUT2D eigenvalue weighted by Gasteiger charge is 2.43. The van der Waals surface area contributed by atoms with Crippen LogP contribution in [0.4, 0.5) is 0 Å². The molecule has 1 aliphatic carbocycles. The molecule has 0 aromatic heterocycles. The van der Waals surface area contributed by atoms with Crippen LogP contribution < -0.4 is 14.8 Å². The van der Waals surface area contributed by atoms with Gasteiger partial charge in [0.1, 0.15) is 0 Å². The van der Waals surface area contributed by atoms with Crippen LogP contribution in [-0.4, -0.2) is 45.7 Å². The number of carbonyl (C=O) groups excluding carboxylic acids is 3. The number of rotatable bonds is 6. The van der Waals surface area contributed by atoms with Gasteiger partial charge in [-0.3, -0.25) is 4.79 Å². The fourth-order valence-electron chi connectivity index (χ4n) is 4.22. The molecule has 33 heavy (non-hydrogen) atoms. The molecule has 8 nitrogen and oxygen atoms in total. The first kappa shape index (κ1) is 22.1. The molecule has 0 saturated heterocycles. The predicted octanol–water partition coefficient (Wildman–Crippen LogP) is 2.99. The quantitative estimate of drug-likeness (QED) is 0.672. The van der Waals surface area contributed by atoms with Gasteiger partial charge in [0.25, 0.3) is 0 Å². The average molecular weight is 449 g/mol. The lowest BCUT2D eigenvalue weighted by Crippen LogP contribution is -2.29. The number of allylic oxidation sites excluding steroid dienone is 2. The lowest BCUT2D eigenvalue weighted by atomic mass is 9.79. The van der Waals surface area contributed by atoms with Crippen LogP contribution in [0.25, 0.3) is 5.70 Å². The van der Waals surface area contributed by atoms with Gasteiger partial charge in [-0.2, -0.15) is 0 Å². The van der Waals surface area contributed by atoms with Gasteiger partial charge < -0.3 is 24.3 Å². The highest BCUT2D eigenvalue weighted by molar-refractivity contribution is 6.23. The summed E-state index contributed by atoms with van der Waals surface area (Å²) in [5.41, 5.74) is 4.08. The van der Waals surface area contributed by atoms with Gasteiger partial charge in [-0.05, 0) is 24.6 Å². The summed E-state index contributed by atoms with van der Waals surface area (Å²) in [6, 6.07) is 12.4. The number of esters is 2. The smallest absolute Gasteiger partial charge is 0.343 e. The van der Waals surface area contributed by atoms with Gasteiger partial charge in [-0.15, -0.1) is 0 Å². The Morgan fingerprint density at radius 1 is 0.970 bits per heavy atom. The van der Waals surface area contributed by atoms with E-state index in [1.807, 2.05) is 18.2 Å². The second-order valence-electron chi connectivity index (χ2n) is 7.53. The second-order valence-corrected chi connectivity index (χ2v) is 7.53. The van der Waals surface area contributed by atoms with E-state index in [1.165, 1.54) is 21.3 Å². The van der Waals surface area contributed by atoms with Crippen molar-refractivity contribution in [2.75, 3.05) is 27.9 Å². The van der Waals surface area contributed by atoms with Gasteiger partial charge in [0.05, 0.1) is 32.6 Å². The first-order chi connectivity index (χ1) is 15.9. The number of hydrogen-bond donors (Lipinski definition) is 1. The van der Waals surface area contributed by atoms with Gasteiger partial charge in [-0.1, -0.05) is 30.3 Å². The zero-order chi connectivity index (χ0) is 23.7. The molecule has 1 heterocycles. The van der Waals surface area contributed by atoms with E-state index in [0.29, 0.717) is 45.2 Å². The summed E-state index contributed by atoms with van der Waals surface area (Å²) in [5.74, 6) is -1.23. The van der Waals surface area contributed by atoms with Crippen LogP contribution in [0.3, 0.4) is 0 Å². The number of nitrogens with one attached hydrogen (secondary N) is 1. The van der Waals surface area contributed by atoms with Crippen LogP contribution in [0, 0.1) is 0 Å². The molecule has 0 bridgehead atoms. The Hall–Kier alpha value is -4.07. The van der Waals surface area contributed by atoms with Gasteiger partial charge in [0.2, 0.25) is 0 Å². The van der Waals surface area contributed by atoms with E-state index in [9.17, 15) is 14.4 Å². The molecule has 0 spiro atoms. The Bertz CT molecular complexity index is 1230. The average Bonchev–Trinajstić information content (AvgIpc) is 3.12. The van der Waals surface area contributed by atoms with Crippen molar-refractivity contribution < 1.29 is 33.3 Å². The fourth-order valence-corrected chi connectivity index (χ4v) is 4.22. The van der Waals surface area contributed by atoms with Crippen LogP contribution in [0.15, 0.2) is 59.3 Å². The molecule has 0 radical (unpaired) electrons. The molecule has 170 valence electrons. The van der Waals surface area contributed by atoms with Crippen molar-refractivity contribution in [3.05, 3.63) is 76.0 Å². The lowest BCUT2D eigenvalue weighted by molar-refractivity contribution is -0.143.